The molecule has 1 atom stereocenters. The van der Waals surface area contributed by atoms with Crippen LogP contribution in [0.15, 0.2) is 34.0 Å². The molecule has 3 rings (SSSR count). The number of carbonyl (C=O) groups excluding carboxylic acids is 1. The summed E-state index contributed by atoms with van der Waals surface area (Å²) in [4.78, 5) is 30.0. The summed E-state index contributed by atoms with van der Waals surface area (Å²) in [6.45, 7) is 3.43. The highest BCUT2D eigenvalue weighted by Gasteiger charge is 2.46. The Hall–Kier alpha value is -2.36. The van der Waals surface area contributed by atoms with Gasteiger partial charge in [0.25, 0.3) is 11.5 Å². The highest BCUT2D eigenvalue weighted by molar-refractivity contribution is 8.00. The quantitative estimate of drug-likeness (QED) is 0.570. The Kier molecular flexibility index (Phi) is 5.26. The standard InChI is InChI=1S/C18H17F4N3O2S/c1-9-23-12(8-14(26)24-9)16(27)25-15(17(2)5-6-17)10-3-4-13(11(19)7-10)28-18(20,21)22/h3-4,7-8,15H,5-6H2,1-2H3,(H,25,27)(H,23,24,26)/t15-/m1/s1. The minimum absolute atomic E-state index is 0.0831. The number of aromatic nitrogens is 2. The first-order valence-corrected chi connectivity index (χ1v) is 9.22. The first-order valence-electron chi connectivity index (χ1n) is 8.41. The molecule has 1 amide bonds. The number of aryl methyl sites for hydroxylation is 1. The van der Waals surface area contributed by atoms with Crippen molar-refractivity contribution in [3.63, 3.8) is 0 Å². The number of H-pyrrole nitrogens is 1. The van der Waals surface area contributed by atoms with Gasteiger partial charge in [-0.25, -0.2) is 9.37 Å². The maximum Gasteiger partial charge on any atom is 0.446 e. The average molecular weight is 415 g/mol. The van der Waals surface area contributed by atoms with Gasteiger partial charge in [0.1, 0.15) is 17.3 Å². The predicted molar refractivity (Wildman–Crippen MR) is 95.5 cm³/mol. The van der Waals surface area contributed by atoms with Gasteiger partial charge in [-0.15, -0.1) is 0 Å². The van der Waals surface area contributed by atoms with Crippen LogP contribution < -0.4 is 10.9 Å². The topological polar surface area (TPSA) is 74.8 Å². The van der Waals surface area contributed by atoms with Crippen LogP contribution in [0.5, 0.6) is 0 Å². The number of nitrogens with zero attached hydrogens (tertiary/aromatic N) is 1. The summed E-state index contributed by atoms with van der Waals surface area (Å²) in [5.41, 5.74) is -5.15. The molecule has 28 heavy (non-hydrogen) atoms. The van der Waals surface area contributed by atoms with Crippen LogP contribution >= 0.6 is 11.8 Å². The second-order valence-corrected chi connectivity index (χ2v) is 8.12. The number of nitrogens with one attached hydrogen (secondary N) is 2. The van der Waals surface area contributed by atoms with Gasteiger partial charge in [0.05, 0.1) is 10.9 Å². The molecule has 1 aromatic heterocycles. The Morgan fingerprint density at radius 2 is 2.00 bits per heavy atom. The fraction of sp³-hybridized carbons (Fsp3) is 0.389. The molecule has 10 heteroatoms. The normalized spacial score (nSPS) is 16.5. The molecule has 5 nitrogen and oxygen atoms in total. The average Bonchev–Trinajstić information content (AvgIpc) is 3.31. The van der Waals surface area contributed by atoms with E-state index in [0.29, 0.717) is 5.56 Å². The summed E-state index contributed by atoms with van der Waals surface area (Å²) in [6, 6.07) is 3.88. The lowest BCUT2D eigenvalue weighted by Gasteiger charge is -2.25. The maximum absolute atomic E-state index is 14.2. The summed E-state index contributed by atoms with van der Waals surface area (Å²) < 4.78 is 51.8. The number of hydrogen-bond donors (Lipinski definition) is 2. The van der Waals surface area contributed by atoms with Crippen LogP contribution in [0.2, 0.25) is 0 Å². The molecule has 0 bridgehead atoms. The molecule has 0 radical (unpaired) electrons. The summed E-state index contributed by atoms with van der Waals surface area (Å²) >= 11 is -0.526. The van der Waals surface area contributed by atoms with E-state index in [-0.39, 0.29) is 16.9 Å². The summed E-state index contributed by atoms with van der Waals surface area (Å²) in [6.07, 6.45) is 1.53. The largest absolute Gasteiger partial charge is 0.446 e. The lowest BCUT2D eigenvalue weighted by Crippen LogP contribution is -2.35. The van der Waals surface area contributed by atoms with E-state index in [0.717, 1.165) is 31.0 Å². The van der Waals surface area contributed by atoms with Crippen molar-refractivity contribution in [1.29, 1.82) is 0 Å². The summed E-state index contributed by atoms with van der Waals surface area (Å²) in [7, 11) is 0. The van der Waals surface area contributed by atoms with E-state index in [1.807, 2.05) is 6.92 Å². The zero-order chi connectivity index (χ0) is 20.7. The molecule has 1 aliphatic carbocycles. The second-order valence-electron chi connectivity index (χ2n) is 7.01. The van der Waals surface area contributed by atoms with E-state index in [2.05, 4.69) is 15.3 Å². The number of thioether (sulfide) groups is 1. The molecule has 1 saturated carbocycles. The zero-order valence-corrected chi connectivity index (χ0v) is 15.8. The van der Waals surface area contributed by atoms with Crippen LogP contribution in [-0.2, 0) is 0 Å². The first kappa shape index (κ1) is 20.4. The number of hydrogen-bond acceptors (Lipinski definition) is 4. The number of amides is 1. The monoisotopic (exact) mass is 415 g/mol. The molecule has 1 aromatic carbocycles. The molecular weight excluding hydrogens is 398 g/mol. The van der Waals surface area contributed by atoms with Crippen molar-refractivity contribution in [3.8, 4) is 0 Å². The van der Waals surface area contributed by atoms with E-state index in [1.54, 1.807) is 0 Å². The third-order valence-corrected chi connectivity index (χ3v) is 5.40. The van der Waals surface area contributed by atoms with Crippen LogP contribution in [0.25, 0.3) is 0 Å². The van der Waals surface area contributed by atoms with Gasteiger partial charge in [0, 0.05) is 6.07 Å². The van der Waals surface area contributed by atoms with Crippen LogP contribution in [0.3, 0.4) is 0 Å². The number of benzene rings is 1. The minimum Gasteiger partial charge on any atom is -0.343 e. The van der Waals surface area contributed by atoms with Gasteiger partial charge in [0.15, 0.2) is 0 Å². The minimum atomic E-state index is -4.59. The first-order chi connectivity index (χ1) is 13.0. The molecule has 1 aliphatic rings. The molecule has 1 heterocycles. The highest BCUT2D eigenvalue weighted by atomic mass is 32.2. The SMILES string of the molecule is Cc1nc(C(=O)N[C@H](c2ccc(SC(F)(F)F)c(F)c2)C2(C)CC2)cc(=O)[nH]1. The van der Waals surface area contributed by atoms with Gasteiger partial charge in [-0.05, 0) is 54.6 Å². The Morgan fingerprint density at radius 1 is 1.32 bits per heavy atom. The molecule has 2 N–H and O–H groups in total. The highest BCUT2D eigenvalue weighted by Crippen LogP contribution is 2.54. The zero-order valence-electron chi connectivity index (χ0n) is 15.0. The van der Waals surface area contributed by atoms with Crippen LogP contribution in [0, 0.1) is 18.2 Å². The lowest BCUT2D eigenvalue weighted by atomic mass is 9.91. The molecule has 0 aliphatic heterocycles. The van der Waals surface area contributed by atoms with E-state index in [4.69, 9.17) is 0 Å². The van der Waals surface area contributed by atoms with Gasteiger partial charge in [-0.3, -0.25) is 9.59 Å². The van der Waals surface area contributed by atoms with E-state index in [1.165, 1.54) is 13.0 Å². The summed E-state index contributed by atoms with van der Waals surface area (Å²) in [5, 5.41) is 2.75. The number of halogens is 4. The second kappa shape index (κ2) is 7.23. The summed E-state index contributed by atoms with van der Waals surface area (Å²) in [5.74, 6) is -1.35. The third kappa shape index (κ3) is 4.73. The number of alkyl halides is 3. The Bertz CT molecular complexity index is 970. The van der Waals surface area contributed by atoms with E-state index >= 15 is 0 Å². The van der Waals surface area contributed by atoms with Gasteiger partial charge < -0.3 is 10.3 Å². The van der Waals surface area contributed by atoms with Gasteiger partial charge >= 0.3 is 5.51 Å². The fourth-order valence-electron chi connectivity index (χ4n) is 2.95. The van der Waals surface area contributed by atoms with Crippen LogP contribution in [0.1, 0.15) is 47.7 Å². The number of carbonyl (C=O) groups is 1. The van der Waals surface area contributed by atoms with Crippen molar-refractivity contribution >= 4 is 17.7 Å². The van der Waals surface area contributed by atoms with Crippen LogP contribution in [-0.4, -0.2) is 21.4 Å². The van der Waals surface area contributed by atoms with Crippen molar-refractivity contribution in [1.82, 2.24) is 15.3 Å². The van der Waals surface area contributed by atoms with E-state index < -0.39 is 45.5 Å². The van der Waals surface area contributed by atoms with Gasteiger partial charge in [-0.1, -0.05) is 13.0 Å². The van der Waals surface area contributed by atoms with Crippen molar-refractivity contribution in [2.45, 2.75) is 43.1 Å². The van der Waals surface area contributed by atoms with Gasteiger partial charge in [-0.2, -0.15) is 13.2 Å². The Morgan fingerprint density at radius 3 is 2.54 bits per heavy atom. The molecule has 1 fully saturated rings. The number of rotatable bonds is 5. The Labute approximate surface area is 161 Å². The smallest absolute Gasteiger partial charge is 0.343 e. The maximum atomic E-state index is 14.2. The fourth-order valence-corrected chi connectivity index (χ4v) is 3.49. The van der Waals surface area contributed by atoms with E-state index in [9.17, 15) is 27.2 Å². The number of aromatic amines is 1. The molecule has 0 unspecified atom stereocenters. The van der Waals surface area contributed by atoms with Gasteiger partial charge in [0.2, 0.25) is 0 Å². The third-order valence-electron chi connectivity index (χ3n) is 4.62. The molecule has 0 spiro atoms. The molecule has 0 saturated heterocycles. The van der Waals surface area contributed by atoms with Crippen molar-refractivity contribution in [2.75, 3.05) is 0 Å². The Balaban J connectivity index is 1.88. The van der Waals surface area contributed by atoms with Crippen molar-refractivity contribution in [3.05, 3.63) is 57.5 Å². The lowest BCUT2D eigenvalue weighted by molar-refractivity contribution is -0.0329. The van der Waals surface area contributed by atoms with Crippen LogP contribution in [0.4, 0.5) is 17.6 Å². The van der Waals surface area contributed by atoms with Crippen molar-refractivity contribution < 1.29 is 22.4 Å². The van der Waals surface area contributed by atoms with Crippen molar-refractivity contribution in [2.24, 2.45) is 5.41 Å². The predicted octanol–water partition coefficient (Wildman–Crippen LogP) is 4.10. The molecule has 150 valence electrons. The molecule has 2 aromatic rings. The molecular formula is C18H17F4N3O2S.